The second kappa shape index (κ2) is 11.5. The molecule has 2 aromatic carbocycles. The van der Waals surface area contributed by atoms with Crippen LogP contribution in [0.3, 0.4) is 0 Å². The summed E-state index contributed by atoms with van der Waals surface area (Å²) in [4.78, 5) is 21.1. The standard InChI is InChI=1S/C24H30N6O4/c1-17-24(23(32)28-30(2)3,15-19-7-4-5-8-20(19)16-26-29-25)27-22(34-17)18-9-11-21(12-10-18)33-14-6-13-31/h4-5,7-12,17,31H,6,13-16H2,1-3H3,(H,28,32)/t17-,24-/m0/s1. The number of carbonyl (C=O) groups is 1. The van der Waals surface area contributed by atoms with Crippen LogP contribution in [0.2, 0.25) is 0 Å². The van der Waals surface area contributed by atoms with Gasteiger partial charge in [0.1, 0.15) is 11.9 Å². The molecule has 0 aliphatic carbocycles. The van der Waals surface area contributed by atoms with Crippen molar-refractivity contribution in [1.82, 2.24) is 10.4 Å². The first kappa shape index (κ1) is 25.0. The fourth-order valence-corrected chi connectivity index (χ4v) is 3.73. The van der Waals surface area contributed by atoms with Gasteiger partial charge >= 0.3 is 0 Å². The fourth-order valence-electron chi connectivity index (χ4n) is 3.73. The van der Waals surface area contributed by atoms with E-state index >= 15 is 0 Å². The number of aliphatic hydroxyl groups is 1. The Labute approximate surface area is 198 Å². The SMILES string of the molecule is C[C@@H]1OC(c2ccc(OCCCO)cc2)=N[C@]1(Cc1ccccc1CN=[N+]=[N-])C(=O)NN(C)C. The molecule has 34 heavy (non-hydrogen) atoms. The van der Waals surface area contributed by atoms with Crippen molar-refractivity contribution >= 4 is 11.8 Å². The molecule has 0 spiro atoms. The maximum absolute atomic E-state index is 13.4. The van der Waals surface area contributed by atoms with E-state index in [2.05, 4.69) is 15.5 Å². The average molecular weight is 467 g/mol. The van der Waals surface area contributed by atoms with E-state index in [1.165, 1.54) is 0 Å². The highest BCUT2D eigenvalue weighted by Gasteiger charge is 2.50. The minimum absolute atomic E-state index is 0.0731. The van der Waals surface area contributed by atoms with E-state index in [1.54, 1.807) is 31.2 Å². The average Bonchev–Trinajstić information content (AvgIpc) is 3.16. The van der Waals surface area contributed by atoms with E-state index in [1.807, 2.05) is 43.3 Å². The maximum atomic E-state index is 13.4. The molecule has 0 unspecified atom stereocenters. The number of hydrogen-bond donors (Lipinski definition) is 2. The molecule has 10 nitrogen and oxygen atoms in total. The lowest BCUT2D eigenvalue weighted by Crippen LogP contribution is -2.55. The van der Waals surface area contributed by atoms with E-state index in [0.717, 1.165) is 16.7 Å². The smallest absolute Gasteiger partial charge is 0.266 e. The topological polar surface area (TPSA) is 132 Å². The van der Waals surface area contributed by atoms with Crippen LogP contribution in [-0.4, -0.2) is 60.9 Å². The number of hydrogen-bond acceptors (Lipinski definition) is 7. The Morgan fingerprint density at radius 3 is 2.62 bits per heavy atom. The minimum Gasteiger partial charge on any atom is -0.494 e. The number of amides is 1. The molecular formula is C24H30N6O4. The molecule has 0 saturated carbocycles. The number of hydrazine groups is 1. The van der Waals surface area contributed by atoms with Crippen LogP contribution in [-0.2, 0) is 22.5 Å². The van der Waals surface area contributed by atoms with Gasteiger partial charge in [0.2, 0.25) is 5.90 Å². The van der Waals surface area contributed by atoms with Crippen LogP contribution < -0.4 is 10.2 Å². The van der Waals surface area contributed by atoms with Crippen LogP contribution in [0.1, 0.15) is 30.0 Å². The first-order valence-electron chi connectivity index (χ1n) is 11.1. The Hall–Kier alpha value is -3.59. The summed E-state index contributed by atoms with van der Waals surface area (Å²) in [6.07, 6.45) is 0.284. The van der Waals surface area contributed by atoms with Gasteiger partial charge in [0.05, 0.1) is 13.2 Å². The van der Waals surface area contributed by atoms with Crippen molar-refractivity contribution in [3.63, 3.8) is 0 Å². The summed E-state index contributed by atoms with van der Waals surface area (Å²) < 4.78 is 11.7. The molecule has 0 bridgehead atoms. The summed E-state index contributed by atoms with van der Waals surface area (Å²) in [6, 6.07) is 14.8. The Balaban J connectivity index is 1.95. The van der Waals surface area contributed by atoms with Gasteiger partial charge in [0.15, 0.2) is 5.54 Å². The zero-order chi connectivity index (χ0) is 24.6. The van der Waals surface area contributed by atoms with Crippen molar-refractivity contribution in [3.8, 4) is 5.75 Å². The van der Waals surface area contributed by atoms with Gasteiger partial charge in [-0.1, -0.05) is 29.4 Å². The van der Waals surface area contributed by atoms with Crippen LogP contribution in [0.5, 0.6) is 5.75 Å². The van der Waals surface area contributed by atoms with E-state index in [4.69, 9.17) is 25.1 Å². The van der Waals surface area contributed by atoms with Crippen molar-refractivity contribution in [1.29, 1.82) is 0 Å². The molecule has 1 aliphatic rings. The van der Waals surface area contributed by atoms with Gasteiger partial charge in [-0.25, -0.2) is 10.0 Å². The zero-order valence-electron chi connectivity index (χ0n) is 19.6. The highest BCUT2D eigenvalue weighted by atomic mass is 16.5. The van der Waals surface area contributed by atoms with Crippen LogP contribution in [0.4, 0.5) is 0 Å². The third-order valence-electron chi connectivity index (χ3n) is 5.54. The Morgan fingerprint density at radius 2 is 1.97 bits per heavy atom. The van der Waals surface area contributed by atoms with Gasteiger partial charge < -0.3 is 14.6 Å². The van der Waals surface area contributed by atoms with E-state index in [0.29, 0.717) is 24.7 Å². The van der Waals surface area contributed by atoms with Gasteiger partial charge in [-0.15, -0.1) is 0 Å². The minimum atomic E-state index is -1.22. The summed E-state index contributed by atoms with van der Waals surface area (Å²) in [5.74, 6) is 0.755. The number of nitrogens with one attached hydrogen (secondary N) is 1. The molecular weight excluding hydrogens is 436 g/mol. The largest absolute Gasteiger partial charge is 0.494 e. The number of benzene rings is 2. The molecule has 10 heteroatoms. The number of ether oxygens (including phenoxy) is 2. The van der Waals surface area contributed by atoms with E-state index in [-0.39, 0.29) is 25.5 Å². The number of azide groups is 1. The Kier molecular flexibility index (Phi) is 8.48. The van der Waals surface area contributed by atoms with Gasteiger partial charge in [0, 0.05) is 44.0 Å². The number of carbonyl (C=O) groups excluding carboxylic acids is 1. The van der Waals surface area contributed by atoms with E-state index in [9.17, 15) is 4.79 Å². The van der Waals surface area contributed by atoms with Gasteiger partial charge in [-0.3, -0.25) is 10.2 Å². The number of aliphatic hydroxyl groups excluding tert-OH is 1. The van der Waals surface area contributed by atoms with E-state index < -0.39 is 11.6 Å². The molecule has 3 rings (SSSR count). The molecule has 0 aromatic heterocycles. The highest BCUT2D eigenvalue weighted by Crippen LogP contribution is 2.34. The second-order valence-corrected chi connectivity index (χ2v) is 8.22. The number of rotatable bonds is 11. The van der Waals surface area contributed by atoms with Crippen LogP contribution in [0.15, 0.2) is 58.6 Å². The molecule has 1 amide bonds. The lowest BCUT2D eigenvalue weighted by Gasteiger charge is -2.30. The maximum Gasteiger partial charge on any atom is 0.266 e. The normalized spacial score (nSPS) is 19.2. The fraction of sp³-hybridized carbons (Fsp3) is 0.417. The van der Waals surface area contributed by atoms with Crippen molar-refractivity contribution in [2.24, 2.45) is 10.1 Å². The van der Waals surface area contributed by atoms with Crippen LogP contribution >= 0.6 is 0 Å². The molecule has 2 N–H and O–H groups in total. The first-order valence-corrected chi connectivity index (χ1v) is 11.1. The third-order valence-corrected chi connectivity index (χ3v) is 5.54. The highest BCUT2D eigenvalue weighted by molar-refractivity contribution is 6.00. The summed E-state index contributed by atoms with van der Waals surface area (Å²) in [5.41, 5.74) is 12.8. The lowest BCUT2D eigenvalue weighted by molar-refractivity contribution is -0.132. The lowest BCUT2D eigenvalue weighted by atomic mass is 9.84. The third kappa shape index (κ3) is 5.85. The molecule has 180 valence electrons. The predicted octanol–water partition coefficient (Wildman–Crippen LogP) is 3.00. The summed E-state index contributed by atoms with van der Waals surface area (Å²) in [5, 5.41) is 14.2. The van der Waals surface area contributed by atoms with Gasteiger partial charge in [0.25, 0.3) is 5.91 Å². The summed E-state index contributed by atoms with van der Waals surface area (Å²) >= 11 is 0. The first-order chi connectivity index (χ1) is 16.4. The molecule has 0 radical (unpaired) electrons. The quantitative estimate of drug-likeness (QED) is 0.173. The Morgan fingerprint density at radius 1 is 1.26 bits per heavy atom. The van der Waals surface area contributed by atoms with Crippen molar-refractivity contribution < 1.29 is 19.4 Å². The Bertz CT molecular complexity index is 1070. The van der Waals surface area contributed by atoms with Gasteiger partial charge in [-0.05, 0) is 47.8 Å². The summed E-state index contributed by atoms with van der Waals surface area (Å²) in [6.45, 7) is 2.51. The molecule has 1 aliphatic heterocycles. The molecule has 1 heterocycles. The van der Waals surface area contributed by atoms with Crippen LogP contribution in [0.25, 0.3) is 10.4 Å². The van der Waals surface area contributed by atoms with Crippen molar-refractivity contribution in [3.05, 3.63) is 75.7 Å². The number of nitrogens with zero attached hydrogens (tertiary/aromatic N) is 5. The van der Waals surface area contributed by atoms with Crippen molar-refractivity contribution in [2.45, 2.75) is 38.0 Å². The summed E-state index contributed by atoms with van der Waals surface area (Å²) in [7, 11) is 3.48. The van der Waals surface area contributed by atoms with Crippen molar-refractivity contribution in [2.75, 3.05) is 27.3 Å². The molecule has 0 saturated heterocycles. The molecule has 2 aromatic rings. The zero-order valence-corrected chi connectivity index (χ0v) is 19.6. The van der Waals surface area contributed by atoms with Gasteiger partial charge in [-0.2, -0.15) is 0 Å². The molecule has 2 atom stereocenters. The molecule has 0 fully saturated rings. The number of aliphatic imine (C=N–C) groups is 1. The predicted molar refractivity (Wildman–Crippen MR) is 128 cm³/mol. The monoisotopic (exact) mass is 466 g/mol. The van der Waals surface area contributed by atoms with Crippen LogP contribution in [0, 0.1) is 0 Å². The second-order valence-electron chi connectivity index (χ2n) is 8.22.